The van der Waals surface area contributed by atoms with E-state index in [0.29, 0.717) is 6.61 Å². The lowest BCUT2D eigenvalue weighted by Crippen LogP contribution is -2.37. The maximum Gasteiger partial charge on any atom is 0.124 e. The summed E-state index contributed by atoms with van der Waals surface area (Å²) in [6.45, 7) is 7.51. The Bertz CT molecular complexity index is 737. The third-order valence-corrected chi connectivity index (χ3v) is 5.77. The number of benzene rings is 2. The van der Waals surface area contributed by atoms with E-state index in [1.807, 2.05) is 0 Å². The van der Waals surface area contributed by atoms with Crippen LogP contribution in [0.2, 0.25) is 0 Å². The molecule has 3 nitrogen and oxygen atoms in total. The number of fused-ring (bicyclic) bond motifs is 2. The number of hydrogen-bond acceptors (Lipinski definition) is 3. The van der Waals surface area contributed by atoms with Crippen LogP contribution in [-0.4, -0.2) is 31.1 Å². The van der Waals surface area contributed by atoms with Gasteiger partial charge in [-0.2, -0.15) is 0 Å². The van der Waals surface area contributed by atoms with Crippen molar-refractivity contribution >= 4 is 0 Å². The van der Waals surface area contributed by atoms with E-state index in [4.69, 9.17) is 4.74 Å². The number of hydrogen-bond donors (Lipinski definition) is 1. The Kier molecular flexibility index (Phi) is 5.57. The minimum absolute atomic E-state index is 0.208. The molecule has 1 fully saturated rings. The van der Waals surface area contributed by atoms with Crippen molar-refractivity contribution in [1.29, 1.82) is 0 Å². The van der Waals surface area contributed by atoms with Gasteiger partial charge in [-0.05, 0) is 55.1 Å². The van der Waals surface area contributed by atoms with Crippen LogP contribution in [-0.2, 0) is 13.0 Å². The first kappa shape index (κ1) is 17.6. The molecule has 1 unspecified atom stereocenters. The van der Waals surface area contributed by atoms with Crippen molar-refractivity contribution in [3.05, 3.63) is 64.7 Å². The van der Waals surface area contributed by atoms with E-state index in [1.165, 1.54) is 54.6 Å². The van der Waals surface area contributed by atoms with Gasteiger partial charge in [0.25, 0.3) is 0 Å². The van der Waals surface area contributed by atoms with Gasteiger partial charge in [0.05, 0.1) is 6.04 Å². The standard InChI is InChI=1S/C23H30N2O/c1-2-18-10-11-22-21(16-18)23(20-9-5-4-8-19(20)17-26-22)24-12-15-25-13-6-3-7-14-25/h4-5,8-11,16,23-24H,2-3,6-7,12-15,17H2,1H3. The lowest BCUT2D eigenvalue weighted by molar-refractivity contribution is 0.227. The average Bonchev–Trinajstić information content (AvgIpc) is 2.86. The quantitative estimate of drug-likeness (QED) is 0.870. The van der Waals surface area contributed by atoms with Crippen molar-refractivity contribution in [3.63, 3.8) is 0 Å². The first-order valence-corrected chi connectivity index (χ1v) is 10.1. The van der Waals surface area contributed by atoms with Gasteiger partial charge in [0, 0.05) is 18.7 Å². The molecular formula is C23H30N2O. The highest BCUT2D eigenvalue weighted by atomic mass is 16.5. The van der Waals surface area contributed by atoms with Gasteiger partial charge in [-0.25, -0.2) is 0 Å². The topological polar surface area (TPSA) is 24.5 Å². The van der Waals surface area contributed by atoms with Crippen molar-refractivity contribution in [1.82, 2.24) is 10.2 Å². The monoisotopic (exact) mass is 350 g/mol. The average molecular weight is 351 g/mol. The van der Waals surface area contributed by atoms with Crippen LogP contribution >= 0.6 is 0 Å². The second kappa shape index (κ2) is 8.24. The maximum absolute atomic E-state index is 6.15. The zero-order chi connectivity index (χ0) is 17.8. The van der Waals surface area contributed by atoms with Gasteiger partial charge in [0.15, 0.2) is 0 Å². The minimum Gasteiger partial charge on any atom is -0.489 e. The van der Waals surface area contributed by atoms with E-state index in [-0.39, 0.29) is 6.04 Å². The summed E-state index contributed by atoms with van der Waals surface area (Å²) in [6.07, 6.45) is 5.14. The summed E-state index contributed by atoms with van der Waals surface area (Å²) in [6, 6.07) is 15.6. The summed E-state index contributed by atoms with van der Waals surface area (Å²) < 4.78 is 6.15. The van der Waals surface area contributed by atoms with E-state index in [1.54, 1.807) is 0 Å². The lowest BCUT2D eigenvalue weighted by Gasteiger charge is -2.28. The van der Waals surface area contributed by atoms with Gasteiger partial charge in [0.2, 0.25) is 0 Å². The minimum atomic E-state index is 0.208. The fourth-order valence-corrected chi connectivity index (χ4v) is 4.22. The highest BCUT2D eigenvalue weighted by molar-refractivity contribution is 5.48. The number of piperidine rings is 1. The Labute approximate surface area is 157 Å². The molecule has 0 aliphatic carbocycles. The zero-order valence-electron chi connectivity index (χ0n) is 15.8. The molecule has 0 radical (unpaired) electrons. The molecule has 3 heteroatoms. The number of rotatable bonds is 5. The van der Waals surface area contributed by atoms with Gasteiger partial charge >= 0.3 is 0 Å². The number of aryl methyl sites for hydroxylation is 1. The first-order valence-electron chi connectivity index (χ1n) is 10.1. The third-order valence-electron chi connectivity index (χ3n) is 5.77. The van der Waals surface area contributed by atoms with Crippen molar-refractivity contribution in [2.24, 2.45) is 0 Å². The highest BCUT2D eigenvalue weighted by Gasteiger charge is 2.24. The van der Waals surface area contributed by atoms with E-state index in [2.05, 4.69) is 59.6 Å². The molecule has 2 aromatic rings. The molecule has 4 rings (SSSR count). The van der Waals surface area contributed by atoms with Gasteiger partial charge in [-0.15, -0.1) is 0 Å². The van der Waals surface area contributed by atoms with E-state index < -0.39 is 0 Å². The van der Waals surface area contributed by atoms with Crippen LogP contribution in [0.4, 0.5) is 0 Å². The second-order valence-electron chi connectivity index (χ2n) is 7.50. The van der Waals surface area contributed by atoms with Gasteiger partial charge < -0.3 is 15.0 Å². The molecule has 0 aromatic heterocycles. The molecule has 0 amide bonds. The van der Waals surface area contributed by atoms with Crippen LogP contribution in [0.1, 0.15) is 54.5 Å². The van der Waals surface area contributed by atoms with Crippen LogP contribution < -0.4 is 10.1 Å². The number of ether oxygens (including phenoxy) is 1. The molecule has 2 heterocycles. The molecular weight excluding hydrogens is 320 g/mol. The Morgan fingerprint density at radius 2 is 1.88 bits per heavy atom. The van der Waals surface area contributed by atoms with Crippen molar-refractivity contribution in [3.8, 4) is 5.75 Å². The van der Waals surface area contributed by atoms with E-state index >= 15 is 0 Å². The Morgan fingerprint density at radius 1 is 1.04 bits per heavy atom. The van der Waals surface area contributed by atoms with Crippen LogP contribution in [0.25, 0.3) is 0 Å². The van der Waals surface area contributed by atoms with Gasteiger partial charge in [0.1, 0.15) is 12.4 Å². The number of likely N-dealkylation sites (tertiary alicyclic amines) is 1. The lowest BCUT2D eigenvalue weighted by atomic mass is 9.93. The molecule has 138 valence electrons. The predicted octanol–water partition coefficient (Wildman–Crippen LogP) is 4.31. The highest BCUT2D eigenvalue weighted by Crippen LogP contribution is 2.36. The van der Waals surface area contributed by atoms with Crippen molar-refractivity contribution in [2.75, 3.05) is 26.2 Å². The molecule has 2 aromatic carbocycles. The second-order valence-corrected chi connectivity index (χ2v) is 7.50. The summed E-state index contributed by atoms with van der Waals surface area (Å²) in [5, 5.41) is 3.85. The van der Waals surface area contributed by atoms with Crippen LogP contribution in [0, 0.1) is 0 Å². The Hall–Kier alpha value is -1.84. The molecule has 26 heavy (non-hydrogen) atoms. The molecule has 1 saturated heterocycles. The normalized spacial score (nSPS) is 20.0. The van der Waals surface area contributed by atoms with Crippen LogP contribution in [0.3, 0.4) is 0 Å². The van der Waals surface area contributed by atoms with Crippen molar-refractivity contribution < 1.29 is 4.74 Å². The Morgan fingerprint density at radius 3 is 2.73 bits per heavy atom. The fourth-order valence-electron chi connectivity index (χ4n) is 4.22. The smallest absolute Gasteiger partial charge is 0.124 e. The van der Waals surface area contributed by atoms with Gasteiger partial charge in [-0.3, -0.25) is 0 Å². The zero-order valence-corrected chi connectivity index (χ0v) is 15.8. The SMILES string of the molecule is CCc1ccc2c(c1)C(NCCN1CCCCC1)c1ccccc1CO2. The number of nitrogens with one attached hydrogen (secondary N) is 1. The Balaban J connectivity index is 1.58. The largest absolute Gasteiger partial charge is 0.489 e. The molecule has 2 aliphatic heterocycles. The summed E-state index contributed by atoms with van der Waals surface area (Å²) in [5.74, 6) is 1.02. The molecule has 0 saturated carbocycles. The summed E-state index contributed by atoms with van der Waals surface area (Å²) in [7, 11) is 0. The molecule has 1 atom stereocenters. The van der Waals surface area contributed by atoms with Crippen LogP contribution in [0.15, 0.2) is 42.5 Å². The summed E-state index contributed by atoms with van der Waals surface area (Å²) in [4.78, 5) is 2.60. The molecule has 0 bridgehead atoms. The molecule has 2 aliphatic rings. The fraction of sp³-hybridized carbons (Fsp3) is 0.478. The van der Waals surface area contributed by atoms with Crippen molar-refractivity contribution in [2.45, 2.75) is 45.3 Å². The maximum atomic E-state index is 6.15. The third kappa shape index (κ3) is 3.79. The molecule has 1 N–H and O–H groups in total. The summed E-state index contributed by atoms with van der Waals surface area (Å²) >= 11 is 0. The first-order chi connectivity index (χ1) is 12.8. The number of nitrogens with zero attached hydrogens (tertiary/aromatic N) is 1. The van der Waals surface area contributed by atoms with E-state index in [0.717, 1.165) is 25.3 Å². The predicted molar refractivity (Wildman–Crippen MR) is 107 cm³/mol. The molecule has 0 spiro atoms. The summed E-state index contributed by atoms with van der Waals surface area (Å²) in [5.41, 5.74) is 5.30. The van der Waals surface area contributed by atoms with Crippen LogP contribution in [0.5, 0.6) is 5.75 Å². The van der Waals surface area contributed by atoms with E-state index in [9.17, 15) is 0 Å². The van der Waals surface area contributed by atoms with Gasteiger partial charge in [-0.1, -0.05) is 49.7 Å².